The molecule has 1 saturated heterocycles. The van der Waals surface area contributed by atoms with Crippen molar-refractivity contribution in [3.63, 3.8) is 0 Å². The third-order valence-electron chi connectivity index (χ3n) is 7.54. The molecule has 2 aliphatic rings. The van der Waals surface area contributed by atoms with E-state index >= 15 is 0 Å². The van der Waals surface area contributed by atoms with Gasteiger partial charge in [0, 0.05) is 44.3 Å². The fourth-order valence-electron chi connectivity index (χ4n) is 5.70. The normalized spacial score (nSPS) is 15.3. The quantitative estimate of drug-likeness (QED) is 0.470. The minimum atomic E-state index is -5.21. The van der Waals surface area contributed by atoms with E-state index < -0.39 is 18.5 Å². The molecule has 194 valence electrons. The molecule has 2 N–H and O–H groups in total. The molecule has 3 aromatic carbocycles. The lowest BCUT2D eigenvalue weighted by molar-refractivity contribution is 0.142. The predicted molar refractivity (Wildman–Crippen MR) is 142 cm³/mol. The monoisotopic (exact) mass is 508 g/mol. The van der Waals surface area contributed by atoms with Gasteiger partial charge in [0.05, 0.1) is 0 Å². The van der Waals surface area contributed by atoms with Crippen LogP contribution in [0.25, 0.3) is 11.1 Å². The lowest BCUT2D eigenvalue weighted by Gasteiger charge is -2.34. The zero-order valence-corrected chi connectivity index (χ0v) is 21.0. The topological polar surface area (TPSA) is 53.6 Å². The number of nitrogens with zero attached hydrogens (tertiary/aromatic N) is 1. The van der Waals surface area contributed by atoms with E-state index in [9.17, 15) is 17.7 Å². The molecule has 0 unspecified atom stereocenters. The average Bonchev–Trinajstić information content (AvgIpc) is 3.20. The fourth-order valence-corrected chi connectivity index (χ4v) is 5.70. The second kappa shape index (κ2) is 10.1. The molecule has 1 amide bonds. The van der Waals surface area contributed by atoms with Crippen molar-refractivity contribution in [2.75, 3.05) is 37.7 Å². The largest absolute Gasteiger partial charge is 0.510 e. The van der Waals surface area contributed by atoms with E-state index in [0.29, 0.717) is 37.4 Å². The van der Waals surface area contributed by atoms with E-state index in [1.807, 2.05) is 41.3 Å². The first-order chi connectivity index (χ1) is 17.8. The highest BCUT2D eigenvalue weighted by molar-refractivity contribution is 6.74. The molecule has 0 spiro atoms. The summed E-state index contributed by atoms with van der Waals surface area (Å²) in [5, 5.41) is 5.92. The predicted octanol–water partition coefficient (Wildman–Crippen LogP) is 4.81. The summed E-state index contributed by atoms with van der Waals surface area (Å²) in [6, 6.07) is 17.9. The summed E-state index contributed by atoms with van der Waals surface area (Å²) in [6.07, 6.45) is -0.648. The first-order valence-corrected chi connectivity index (χ1v) is 12.6. The Kier molecular flexibility index (Phi) is 6.90. The number of halogens is 3. The maximum atomic E-state index is 14.1. The van der Waals surface area contributed by atoms with Crippen LogP contribution in [-0.2, 0) is 11.3 Å². The summed E-state index contributed by atoms with van der Waals surface area (Å²) in [5.41, 5.74) is 5.31. The van der Waals surface area contributed by atoms with Crippen LogP contribution < -0.4 is 21.0 Å². The van der Waals surface area contributed by atoms with Gasteiger partial charge in [0.15, 0.2) is 0 Å². The van der Waals surface area contributed by atoms with Crippen molar-refractivity contribution in [1.82, 2.24) is 10.6 Å². The van der Waals surface area contributed by atoms with Gasteiger partial charge in [-0.25, -0.2) is 4.79 Å². The van der Waals surface area contributed by atoms with Crippen LogP contribution in [0.4, 0.5) is 23.4 Å². The zero-order chi connectivity index (χ0) is 26.2. The van der Waals surface area contributed by atoms with E-state index in [1.54, 1.807) is 6.07 Å². The number of carbonyl (C=O) groups is 1. The summed E-state index contributed by atoms with van der Waals surface area (Å²) >= 11 is 0. The van der Waals surface area contributed by atoms with Gasteiger partial charge in [-0.3, -0.25) is 0 Å². The molecule has 0 atom stereocenters. The van der Waals surface area contributed by atoms with Gasteiger partial charge in [-0.15, -0.1) is 5.46 Å². The smallest absolute Gasteiger partial charge is 0.449 e. The Morgan fingerprint density at radius 3 is 2.19 bits per heavy atom. The second-order valence-electron chi connectivity index (χ2n) is 9.71. The van der Waals surface area contributed by atoms with E-state index in [1.165, 1.54) is 13.8 Å². The van der Waals surface area contributed by atoms with E-state index in [4.69, 9.17) is 4.74 Å². The molecule has 0 radical (unpaired) electrons. The van der Waals surface area contributed by atoms with Crippen molar-refractivity contribution in [3.05, 3.63) is 82.4 Å². The molecular formula is C28H30BF3N3O2-. The van der Waals surface area contributed by atoms with Crippen LogP contribution in [0.2, 0.25) is 0 Å². The zero-order valence-electron chi connectivity index (χ0n) is 21.0. The fraction of sp³-hybridized carbons (Fsp3) is 0.321. The average molecular weight is 508 g/mol. The highest BCUT2D eigenvalue weighted by atomic mass is 19.4. The minimum absolute atomic E-state index is 0.0406. The van der Waals surface area contributed by atoms with Crippen molar-refractivity contribution < 1.29 is 22.5 Å². The summed E-state index contributed by atoms with van der Waals surface area (Å²) in [4.78, 5) is 14.7. The molecule has 37 heavy (non-hydrogen) atoms. The Morgan fingerprint density at radius 1 is 1.00 bits per heavy atom. The van der Waals surface area contributed by atoms with Gasteiger partial charge in [0.2, 0.25) is 0 Å². The van der Waals surface area contributed by atoms with Gasteiger partial charge in [-0.2, -0.15) is 0 Å². The van der Waals surface area contributed by atoms with Crippen molar-refractivity contribution in [2.45, 2.75) is 26.3 Å². The minimum Gasteiger partial charge on any atom is -0.449 e. The van der Waals surface area contributed by atoms with E-state index in [-0.39, 0.29) is 30.2 Å². The number of hydrogen-bond acceptors (Lipinski definition) is 4. The molecule has 0 saturated carbocycles. The van der Waals surface area contributed by atoms with Crippen LogP contribution in [0, 0.1) is 13.8 Å². The van der Waals surface area contributed by atoms with Crippen LogP contribution in [-0.4, -0.2) is 45.9 Å². The van der Waals surface area contributed by atoms with E-state index in [2.05, 4.69) is 22.8 Å². The third kappa shape index (κ3) is 4.92. The van der Waals surface area contributed by atoms with Gasteiger partial charge >= 0.3 is 13.1 Å². The van der Waals surface area contributed by atoms with Crippen LogP contribution in [0.1, 0.15) is 33.7 Å². The summed E-state index contributed by atoms with van der Waals surface area (Å²) in [5.74, 6) is -0.0851. The molecule has 1 heterocycles. The number of fused-ring (bicyclic) bond motifs is 3. The molecule has 9 heteroatoms. The third-order valence-corrected chi connectivity index (χ3v) is 7.54. The van der Waals surface area contributed by atoms with Crippen molar-refractivity contribution in [1.29, 1.82) is 0 Å². The standard InChI is InChI=1S/C28H30BF3N3O2/c1-18-20(15-26(35-13-11-33-12-14-35)19(2)27(18)29(30,31)32)16-34-28(36)37-17-25-23-9-5-3-7-21(23)22-8-4-6-10-24(22)25/h3-10,15,25,33H,11-14,16-17H2,1-2H3,(H,34,36)/q-1. The number of piperazine rings is 1. The summed E-state index contributed by atoms with van der Waals surface area (Å²) in [7, 11) is 0. The number of alkyl carbamates (subject to hydrolysis) is 1. The second-order valence-corrected chi connectivity index (χ2v) is 9.71. The SMILES string of the molecule is Cc1c(CNC(=O)OCC2c3ccccc3-c3ccccc32)cc(N2CCNCC2)c(C)c1[B-](F)(F)F. The first-order valence-electron chi connectivity index (χ1n) is 12.6. The number of carbonyl (C=O) groups excluding carboxylic acids is 1. The number of nitrogens with one attached hydrogen (secondary N) is 2. The summed E-state index contributed by atoms with van der Waals surface area (Å²) in [6.45, 7) is 0.612. The number of ether oxygens (including phenoxy) is 1. The molecule has 1 aliphatic carbocycles. The van der Waals surface area contributed by atoms with Crippen molar-refractivity contribution in [3.8, 4) is 11.1 Å². The van der Waals surface area contributed by atoms with Gasteiger partial charge in [-0.05, 0) is 47.7 Å². The maximum Gasteiger partial charge on any atom is 0.510 e. The molecule has 1 fully saturated rings. The Balaban J connectivity index is 1.32. The van der Waals surface area contributed by atoms with Crippen LogP contribution in [0.5, 0.6) is 0 Å². The number of benzene rings is 3. The molecule has 0 aromatic heterocycles. The molecular weight excluding hydrogens is 478 g/mol. The van der Waals surface area contributed by atoms with Crippen LogP contribution in [0.3, 0.4) is 0 Å². The molecule has 1 aliphatic heterocycles. The molecule has 3 aromatic rings. The Hall–Kier alpha value is -3.46. The number of anilines is 1. The number of rotatable bonds is 6. The highest BCUT2D eigenvalue weighted by Crippen LogP contribution is 2.44. The summed E-state index contributed by atoms with van der Waals surface area (Å²) < 4.78 is 47.9. The molecule has 5 nitrogen and oxygen atoms in total. The van der Waals surface area contributed by atoms with Gasteiger partial charge in [0.25, 0.3) is 0 Å². The van der Waals surface area contributed by atoms with Crippen LogP contribution >= 0.6 is 0 Å². The van der Waals surface area contributed by atoms with Gasteiger partial charge < -0.3 is 33.2 Å². The van der Waals surface area contributed by atoms with Gasteiger partial charge in [-0.1, -0.05) is 59.7 Å². The Bertz CT molecular complexity index is 1280. The molecule has 0 bridgehead atoms. The Labute approximate surface area is 215 Å². The highest BCUT2D eigenvalue weighted by Gasteiger charge is 2.33. The van der Waals surface area contributed by atoms with Crippen LogP contribution in [0.15, 0.2) is 54.6 Å². The van der Waals surface area contributed by atoms with Crippen molar-refractivity contribution >= 4 is 24.2 Å². The first kappa shape index (κ1) is 25.2. The Morgan fingerprint density at radius 2 is 1.59 bits per heavy atom. The number of amides is 1. The van der Waals surface area contributed by atoms with Crippen molar-refractivity contribution in [2.24, 2.45) is 0 Å². The van der Waals surface area contributed by atoms with Gasteiger partial charge in [0.1, 0.15) is 6.61 Å². The molecule has 5 rings (SSSR count). The lowest BCUT2D eigenvalue weighted by atomic mass is 9.72. The maximum absolute atomic E-state index is 14.1. The van der Waals surface area contributed by atoms with E-state index in [0.717, 1.165) is 22.3 Å². The number of hydrogen-bond donors (Lipinski definition) is 2. The lowest BCUT2D eigenvalue weighted by Crippen LogP contribution is -2.46.